The van der Waals surface area contributed by atoms with E-state index in [0.717, 1.165) is 4.21 Å². The molecule has 14 heavy (non-hydrogen) atoms. The molecule has 1 aromatic carbocycles. The molecule has 1 atom stereocenters. The summed E-state index contributed by atoms with van der Waals surface area (Å²) in [5, 5.41) is 0.527. The zero-order chi connectivity index (χ0) is 9.97. The standard InChI is InChI=1S/C9H6ClNOS2/c10-7-3-1-2-4-8(7)14(12)9-5-11-6-13-9/h1-6H. The van der Waals surface area contributed by atoms with Gasteiger partial charge in [-0.3, -0.25) is 4.98 Å². The van der Waals surface area contributed by atoms with Gasteiger partial charge >= 0.3 is 0 Å². The Hall–Kier alpha value is -0.710. The smallest absolute Gasteiger partial charge is 0.116 e. The number of rotatable bonds is 2. The summed E-state index contributed by atoms with van der Waals surface area (Å²) in [6.07, 6.45) is 1.60. The first-order chi connectivity index (χ1) is 6.79. The maximum Gasteiger partial charge on any atom is 0.116 e. The molecule has 2 nitrogen and oxygen atoms in total. The van der Waals surface area contributed by atoms with Gasteiger partial charge in [-0.15, -0.1) is 11.3 Å². The molecule has 2 aromatic rings. The summed E-state index contributed by atoms with van der Waals surface area (Å²) in [6, 6.07) is 7.13. The van der Waals surface area contributed by atoms with Gasteiger partial charge in [0.15, 0.2) is 0 Å². The third kappa shape index (κ3) is 1.87. The molecule has 0 aliphatic carbocycles. The maximum atomic E-state index is 11.9. The van der Waals surface area contributed by atoms with E-state index in [2.05, 4.69) is 4.98 Å². The van der Waals surface area contributed by atoms with Crippen LogP contribution in [0.15, 0.2) is 45.1 Å². The van der Waals surface area contributed by atoms with Crippen LogP contribution in [0.1, 0.15) is 0 Å². The third-order valence-electron chi connectivity index (χ3n) is 1.63. The van der Waals surface area contributed by atoms with E-state index in [-0.39, 0.29) is 0 Å². The van der Waals surface area contributed by atoms with Gasteiger partial charge in [-0.05, 0) is 12.1 Å². The highest BCUT2D eigenvalue weighted by Crippen LogP contribution is 2.25. The van der Waals surface area contributed by atoms with E-state index in [1.165, 1.54) is 11.3 Å². The zero-order valence-electron chi connectivity index (χ0n) is 7.01. The van der Waals surface area contributed by atoms with Crippen LogP contribution in [-0.4, -0.2) is 9.19 Å². The van der Waals surface area contributed by atoms with Crippen LogP contribution in [0, 0.1) is 0 Å². The third-order valence-corrected chi connectivity index (χ3v) is 4.60. The number of nitrogens with zero attached hydrogens (tertiary/aromatic N) is 1. The molecule has 0 saturated heterocycles. The quantitative estimate of drug-likeness (QED) is 0.812. The summed E-state index contributed by atoms with van der Waals surface area (Å²) >= 11 is 7.29. The minimum Gasteiger partial charge on any atom is -0.252 e. The van der Waals surface area contributed by atoms with Gasteiger partial charge in [0.1, 0.15) is 4.21 Å². The molecule has 0 aliphatic heterocycles. The van der Waals surface area contributed by atoms with Crippen molar-refractivity contribution < 1.29 is 4.21 Å². The van der Waals surface area contributed by atoms with Crippen molar-refractivity contribution in [2.75, 3.05) is 0 Å². The average Bonchev–Trinajstić information content (AvgIpc) is 2.70. The number of halogens is 1. The van der Waals surface area contributed by atoms with Gasteiger partial charge in [0.05, 0.1) is 32.4 Å². The largest absolute Gasteiger partial charge is 0.252 e. The van der Waals surface area contributed by atoms with Gasteiger partial charge in [-0.25, -0.2) is 4.21 Å². The van der Waals surface area contributed by atoms with Crippen molar-refractivity contribution in [3.05, 3.63) is 41.0 Å². The van der Waals surface area contributed by atoms with E-state index >= 15 is 0 Å². The molecule has 2 rings (SSSR count). The summed E-state index contributed by atoms with van der Waals surface area (Å²) in [7, 11) is -1.20. The second kappa shape index (κ2) is 4.21. The Morgan fingerprint density at radius 2 is 2.14 bits per heavy atom. The van der Waals surface area contributed by atoms with Crippen molar-refractivity contribution in [1.29, 1.82) is 0 Å². The van der Waals surface area contributed by atoms with E-state index in [0.29, 0.717) is 9.92 Å². The zero-order valence-corrected chi connectivity index (χ0v) is 9.40. The lowest BCUT2D eigenvalue weighted by molar-refractivity contribution is 0.684. The van der Waals surface area contributed by atoms with Crippen LogP contribution >= 0.6 is 22.9 Å². The molecule has 5 heteroatoms. The number of thiazole rings is 1. The minimum absolute atomic E-state index is 0.527. The van der Waals surface area contributed by atoms with Crippen molar-refractivity contribution in [2.45, 2.75) is 9.10 Å². The van der Waals surface area contributed by atoms with E-state index in [1.807, 2.05) is 12.1 Å². The highest BCUT2D eigenvalue weighted by Gasteiger charge is 2.11. The van der Waals surface area contributed by atoms with Crippen LogP contribution in [-0.2, 0) is 10.8 Å². The van der Waals surface area contributed by atoms with Gasteiger partial charge in [0.25, 0.3) is 0 Å². The minimum atomic E-state index is -1.20. The molecule has 0 saturated carbocycles. The first-order valence-corrected chi connectivity index (χ1v) is 6.24. The molecule has 0 spiro atoms. The Balaban J connectivity index is 2.42. The monoisotopic (exact) mass is 243 g/mol. The van der Waals surface area contributed by atoms with Gasteiger partial charge in [0.2, 0.25) is 0 Å². The lowest BCUT2D eigenvalue weighted by Crippen LogP contribution is -1.90. The molecule has 0 N–H and O–H groups in total. The van der Waals surface area contributed by atoms with Crippen molar-refractivity contribution in [3.8, 4) is 0 Å². The molecular weight excluding hydrogens is 238 g/mol. The van der Waals surface area contributed by atoms with Gasteiger partial charge in [-0.2, -0.15) is 0 Å². The van der Waals surface area contributed by atoms with Gasteiger partial charge in [-0.1, -0.05) is 23.7 Å². The summed E-state index contributed by atoms with van der Waals surface area (Å²) in [5.41, 5.74) is 1.66. The average molecular weight is 244 g/mol. The van der Waals surface area contributed by atoms with Crippen molar-refractivity contribution in [1.82, 2.24) is 4.98 Å². The normalized spacial score (nSPS) is 12.6. The number of benzene rings is 1. The number of aromatic nitrogens is 1. The Labute approximate surface area is 93.0 Å². The van der Waals surface area contributed by atoms with E-state index in [1.54, 1.807) is 23.8 Å². The van der Waals surface area contributed by atoms with Crippen LogP contribution in [0.2, 0.25) is 5.02 Å². The van der Waals surface area contributed by atoms with Crippen LogP contribution in [0.3, 0.4) is 0 Å². The van der Waals surface area contributed by atoms with Crippen LogP contribution in [0.5, 0.6) is 0 Å². The molecule has 0 amide bonds. The molecule has 0 fully saturated rings. The number of hydrogen-bond donors (Lipinski definition) is 0. The van der Waals surface area contributed by atoms with Crippen molar-refractivity contribution in [2.24, 2.45) is 0 Å². The second-order valence-corrected chi connectivity index (χ2v) is 5.49. The summed E-state index contributed by atoms with van der Waals surface area (Å²) in [4.78, 5) is 4.52. The Bertz CT molecular complexity index is 456. The fraction of sp³-hybridized carbons (Fsp3) is 0. The highest BCUT2D eigenvalue weighted by molar-refractivity contribution is 7.87. The van der Waals surface area contributed by atoms with Crippen LogP contribution in [0.25, 0.3) is 0 Å². The summed E-state index contributed by atoms with van der Waals surface area (Å²) in [5.74, 6) is 0. The molecule has 72 valence electrons. The first-order valence-electron chi connectivity index (χ1n) is 3.84. The molecule has 1 heterocycles. The maximum absolute atomic E-state index is 11.9. The molecular formula is C9H6ClNOS2. The topological polar surface area (TPSA) is 30.0 Å². The fourth-order valence-electron chi connectivity index (χ4n) is 0.999. The van der Waals surface area contributed by atoms with Crippen molar-refractivity contribution >= 4 is 33.7 Å². The first kappa shape index (κ1) is 9.83. The molecule has 0 radical (unpaired) electrons. The van der Waals surface area contributed by atoms with Crippen molar-refractivity contribution in [3.63, 3.8) is 0 Å². The van der Waals surface area contributed by atoms with Crippen LogP contribution < -0.4 is 0 Å². The molecule has 1 aromatic heterocycles. The van der Waals surface area contributed by atoms with Crippen LogP contribution in [0.4, 0.5) is 0 Å². The molecule has 1 unspecified atom stereocenters. The number of hydrogen-bond acceptors (Lipinski definition) is 3. The van der Waals surface area contributed by atoms with Gasteiger partial charge < -0.3 is 0 Å². The SMILES string of the molecule is O=S(c1cncs1)c1ccccc1Cl. The lowest BCUT2D eigenvalue weighted by atomic mass is 10.4. The second-order valence-electron chi connectivity index (χ2n) is 2.52. The van der Waals surface area contributed by atoms with E-state index in [4.69, 9.17) is 11.6 Å². The molecule has 0 aliphatic rings. The predicted molar refractivity (Wildman–Crippen MR) is 58.2 cm³/mol. The highest BCUT2D eigenvalue weighted by atomic mass is 35.5. The summed E-state index contributed by atoms with van der Waals surface area (Å²) < 4.78 is 12.6. The Morgan fingerprint density at radius 1 is 1.36 bits per heavy atom. The van der Waals surface area contributed by atoms with E-state index in [9.17, 15) is 4.21 Å². The fourth-order valence-corrected chi connectivity index (χ4v) is 3.26. The summed E-state index contributed by atoms with van der Waals surface area (Å²) in [6.45, 7) is 0. The van der Waals surface area contributed by atoms with Gasteiger partial charge in [0, 0.05) is 0 Å². The Morgan fingerprint density at radius 3 is 2.79 bits per heavy atom. The molecule has 0 bridgehead atoms. The Kier molecular flexibility index (Phi) is 2.96. The lowest BCUT2D eigenvalue weighted by Gasteiger charge is -2.00. The van der Waals surface area contributed by atoms with E-state index < -0.39 is 10.8 Å². The predicted octanol–water partition coefficient (Wildman–Crippen LogP) is 2.96.